The van der Waals surface area contributed by atoms with Crippen LogP contribution in [0.15, 0.2) is 0 Å². The van der Waals surface area contributed by atoms with Crippen molar-refractivity contribution < 1.29 is 9.53 Å². The highest BCUT2D eigenvalue weighted by Crippen LogP contribution is 2.34. The van der Waals surface area contributed by atoms with Crippen LogP contribution in [-0.2, 0) is 4.74 Å². The number of rotatable bonds is 0. The fourth-order valence-electron chi connectivity index (χ4n) is 2.53. The largest absolute Gasteiger partial charge is 0.453 e. The Morgan fingerprint density at radius 3 is 2.69 bits per heavy atom. The summed E-state index contributed by atoms with van der Waals surface area (Å²) in [6.45, 7) is 3.00. The van der Waals surface area contributed by atoms with Crippen molar-refractivity contribution in [3.63, 3.8) is 0 Å². The van der Waals surface area contributed by atoms with Crippen molar-refractivity contribution in [1.29, 1.82) is 0 Å². The maximum absolute atomic E-state index is 11.3. The second-order valence-corrected chi connectivity index (χ2v) is 3.99. The molecule has 0 aliphatic carbocycles. The summed E-state index contributed by atoms with van der Waals surface area (Å²) in [5.74, 6) is 0. The average Bonchev–Trinajstić information content (AvgIpc) is 2.67. The molecule has 1 amide bonds. The van der Waals surface area contributed by atoms with Gasteiger partial charge in [-0.25, -0.2) is 4.79 Å². The lowest BCUT2D eigenvalue weighted by molar-refractivity contribution is 0.0740. The third-order valence-electron chi connectivity index (χ3n) is 3.51. The monoisotopic (exact) mass is 184 g/mol. The standard InChI is InChI=1S/C9H16N2O2/c1-6-8-4-7(10(6)2)5-11(8)9(12)13-3/h6-8H,4-5H2,1-3H3/t6-,7?,8?/m1/s1. The first kappa shape index (κ1) is 8.81. The molecule has 13 heavy (non-hydrogen) atoms. The van der Waals surface area contributed by atoms with Crippen molar-refractivity contribution in [3.8, 4) is 0 Å². The number of carbonyl (C=O) groups is 1. The highest BCUT2D eigenvalue weighted by Gasteiger charge is 2.48. The lowest BCUT2D eigenvalue weighted by Crippen LogP contribution is -2.52. The number of nitrogens with zero attached hydrogens (tertiary/aromatic N) is 2. The Bertz CT molecular complexity index is 230. The lowest BCUT2D eigenvalue weighted by Gasteiger charge is -2.36. The van der Waals surface area contributed by atoms with E-state index in [0.717, 1.165) is 13.0 Å². The van der Waals surface area contributed by atoms with Crippen LogP contribution in [0.1, 0.15) is 13.3 Å². The number of hydrogen-bond acceptors (Lipinski definition) is 3. The molecule has 2 rings (SSSR count). The summed E-state index contributed by atoms with van der Waals surface area (Å²) in [6.07, 6.45) is 0.930. The number of methoxy groups -OCH3 is 1. The van der Waals surface area contributed by atoms with Crippen molar-refractivity contribution in [1.82, 2.24) is 9.80 Å². The minimum absolute atomic E-state index is 0.174. The van der Waals surface area contributed by atoms with Gasteiger partial charge in [0.2, 0.25) is 0 Å². The molecule has 0 aromatic heterocycles. The molecule has 0 aromatic carbocycles. The Balaban J connectivity index is 2.10. The summed E-state index contributed by atoms with van der Waals surface area (Å²) in [6, 6.07) is 1.37. The molecule has 4 heteroatoms. The fourth-order valence-corrected chi connectivity index (χ4v) is 2.53. The van der Waals surface area contributed by atoms with Crippen molar-refractivity contribution in [2.75, 3.05) is 20.7 Å². The third-order valence-corrected chi connectivity index (χ3v) is 3.51. The summed E-state index contributed by atoms with van der Waals surface area (Å²) in [5.41, 5.74) is 0. The molecular weight excluding hydrogens is 168 g/mol. The van der Waals surface area contributed by atoms with E-state index in [1.54, 1.807) is 0 Å². The van der Waals surface area contributed by atoms with Gasteiger partial charge in [-0.3, -0.25) is 4.90 Å². The van der Waals surface area contributed by atoms with E-state index in [1.807, 2.05) is 4.90 Å². The maximum Gasteiger partial charge on any atom is 0.409 e. The molecule has 2 fully saturated rings. The maximum atomic E-state index is 11.3. The zero-order valence-corrected chi connectivity index (χ0v) is 8.36. The number of fused-ring (bicyclic) bond motifs is 2. The molecule has 2 aliphatic heterocycles. The van der Waals surface area contributed by atoms with Gasteiger partial charge >= 0.3 is 6.09 Å². The van der Waals surface area contributed by atoms with E-state index in [2.05, 4.69) is 18.9 Å². The molecule has 2 heterocycles. The topological polar surface area (TPSA) is 32.8 Å². The number of likely N-dealkylation sites (tertiary alicyclic amines) is 2. The molecule has 0 N–H and O–H groups in total. The molecule has 2 aliphatic rings. The molecule has 0 spiro atoms. The van der Waals surface area contributed by atoms with Crippen LogP contribution in [0.2, 0.25) is 0 Å². The normalized spacial score (nSPS) is 38.4. The highest BCUT2D eigenvalue weighted by atomic mass is 16.5. The van der Waals surface area contributed by atoms with Crippen LogP contribution in [0, 0.1) is 0 Å². The van der Waals surface area contributed by atoms with E-state index in [1.165, 1.54) is 7.11 Å². The van der Waals surface area contributed by atoms with Crippen molar-refractivity contribution >= 4 is 6.09 Å². The van der Waals surface area contributed by atoms with Gasteiger partial charge in [0, 0.05) is 18.6 Å². The van der Waals surface area contributed by atoms with E-state index in [0.29, 0.717) is 18.1 Å². The number of amides is 1. The molecule has 74 valence electrons. The van der Waals surface area contributed by atoms with Crippen molar-refractivity contribution in [2.24, 2.45) is 0 Å². The summed E-state index contributed by atoms with van der Waals surface area (Å²) >= 11 is 0. The van der Waals surface area contributed by atoms with Crippen LogP contribution in [0.5, 0.6) is 0 Å². The first-order valence-electron chi connectivity index (χ1n) is 4.71. The number of piperazine rings is 1. The Labute approximate surface area is 78.4 Å². The van der Waals surface area contributed by atoms with E-state index < -0.39 is 0 Å². The van der Waals surface area contributed by atoms with Crippen LogP contribution in [0.25, 0.3) is 0 Å². The lowest BCUT2D eigenvalue weighted by atomic mass is 10.1. The number of hydrogen-bond donors (Lipinski definition) is 0. The number of carbonyl (C=O) groups excluding carboxylic acids is 1. The van der Waals surface area contributed by atoms with Gasteiger partial charge in [-0.05, 0) is 20.4 Å². The van der Waals surface area contributed by atoms with Gasteiger partial charge in [0.15, 0.2) is 0 Å². The van der Waals surface area contributed by atoms with Gasteiger partial charge in [0.1, 0.15) is 0 Å². The van der Waals surface area contributed by atoms with Crippen LogP contribution in [0.3, 0.4) is 0 Å². The Morgan fingerprint density at radius 1 is 1.54 bits per heavy atom. The van der Waals surface area contributed by atoms with Gasteiger partial charge in [-0.15, -0.1) is 0 Å². The first-order chi connectivity index (χ1) is 6.15. The molecular formula is C9H16N2O2. The van der Waals surface area contributed by atoms with Crippen LogP contribution in [-0.4, -0.2) is 54.7 Å². The Hall–Kier alpha value is -0.770. The number of likely N-dealkylation sites (N-methyl/N-ethyl adjacent to an activating group) is 1. The summed E-state index contributed by atoms with van der Waals surface area (Å²) in [7, 11) is 3.58. The Morgan fingerprint density at radius 2 is 2.23 bits per heavy atom. The molecule has 2 bridgehead atoms. The van der Waals surface area contributed by atoms with Gasteiger partial charge in [0.25, 0.3) is 0 Å². The minimum atomic E-state index is -0.174. The predicted octanol–water partition coefficient (Wildman–Crippen LogP) is 0.530. The Kier molecular flexibility index (Phi) is 1.95. The van der Waals surface area contributed by atoms with Crippen LogP contribution >= 0.6 is 0 Å². The van der Waals surface area contributed by atoms with Gasteiger partial charge in [-0.1, -0.05) is 0 Å². The van der Waals surface area contributed by atoms with Crippen LogP contribution in [0.4, 0.5) is 4.79 Å². The zero-order chi connectivity index (χ0) is 9.59. The van der Waals surface area contributed by atoms with E-state index >= 15 is 0 Å². The quantitative estimate of drug-likeness (QED) is 0.550. The molecule has 0 radical (unpaired) electrons. The second-order valence-electron chi connectivity index (χ2n) is 3.99. The average molecular weight is 184 g/mol. The minimum Gasteiger partial charge on any atom is -0.453 e. The van der Waals surface area contributed by atoms with Gasteiger partial charge in [0.05, 0.1) is 13.2 Å². The second kappa shape index (κ2) is 2.87. The zero-order valence-electron chi connectivity index (χ0n) is 8.36. The van der Waals surface area contributed by atoms with Crippen LogP contribution < -0.4 is 0 Å². The van der Waals surface area contributed by atoms with Gasteiger partial charge < -0.3 is 9.64 Å². The van der Waals surface area contributed by atoms with Gasteiger partial charge in [-0.2, -0.15) is 0 Å². The molecule has 2 saturated heterocycles. The predicted molar refractivity (Wildman–Crippen MR) is 48.5 cm³/mol. The molecule has 2 unspecified atom stereocenters. The summed E-state index contributed by atoms with van der Waals surface area (Å²) in [5, 5.41) is 0. The first-order valence-corrected chi connectivity index (χ1v) is 4.71. The fraction of sp³-hybridized carbons (Fsp3) is 0.889. The molecule has 4 nitrogen and oxygen atoms in total. The van der Waals surface area contributed by atoms with E-state index in [9.17, 15) is 4.79 Å². The molecule has 0 aromatic rings. The summed E-state index contributed by atoms with van der Waals surface area (Å²) in [4.78, 5) is 15.5. The van der Waals surface area contributed by atoms with E-state index in [4.69, 9.17) is 4.74 Å². The third kappa shape index (κ3) is 1.12. The molecule has 3 atom stereocenters. The highest BCUT2D eigenvalue weighted by molar-refractivity contribution is 5.68. The molecule has 0 saturated carbocycles. The van der Waals surface area contributed by atoms with Crippen molar-refractivity contribution in [2.45, 2.75) is 31.5 Å². The summed E-state index contributed by atoms with van der Waals surface area (Å²) < 4.78 is 4.74. The van der Waals surface area contributed by atoms with E-state index in [-0.39, 0.29) is 6.09 Å². The van der Waals surface area contributed by atoms with Crippen molar-refractivity contribution in [3.05, 3.63) is 0 Å². The SMILES string of the molecule is COC(=O)N1CC2CC1[C@@H](C)N2C. The smallest absolute Gasteiger partial charge is 0.409 e. The number of ether oxygens (including phenoxy) is 1.